The van der Waals surface area contributed by atoms with Crippen LogP contribution in [0.1, 0.15) is 29.0 Å². The number of nitrogens with zero attached hydrogens (tertiary/aromatic N) is 5. The fraction of sp³-hybridized carbons (Fsp3) is 0.182. The molecule has 3 heterocycles. The van der Waals surface area contributed by atoms with Crippen LogP contribution in [-0.4, -0.2) is 42.5 Å². The molecule has 184 valence electrons. The molecule has 1 aliphatic rings. The van der Waals surface area contributed by atoms with Crippen LogP contribution in [0.4, 0.5) is 35.3 Å². The van der Waals surface area contributed by atoms with Crippen molar-refractivity contribution in [2.24, 2.45) is 0 Å². The van der Waals surface area contributed by atoms with Crippen molar-refractivity contribution < 1.29 is 22.8 Å². The maximum Gasteiger partial charge on any atom is 0.451 e. The molecule has 14 heteroatoms. The number of aromatic nitrogens is 5. The van der Waals surface area contributed by atoms with E-state index in [1.54, 1.807) is 30.5 Å². The van der Waals surface area contributed by atoms with Gasteiger partial charge in [-0.1, -0.05) is 12.1 Å². The number of carbonyl (C=O) groups excluding carboxylic acids is 2. The number of carbonyl (C=O) groups is 2. The van der Waals surface area contributed by atoms with Gasteiger partial charge in [-0.3, -0.25) is 10.1 Å². The molecule has 11 nitrogen and oxygen atoms in total. The lowest BCUT2D eigenvalue weighted by Crippen LogP contribution is -2.25. The number of nitrogens with one attached hydrogen (secondary N) is 3. The second kappa shape index (κ2) is 8.79. The van der Waals surface area contributed by atoms with Crippen molar-refractivity contribution in [3.05, 3.63) is 60.4 Å². The van der Waals surface area contributed by atoms with E-state index in [0.717, 1.165) is 25.1 Å². The van der Waals surface area contributed by atoms with E-state index >= 15 is 0 Å². The van der Waals surface area contributed by atoms with Gasteiger partial charge in [-0.2, -0.15) is 18.3 Å². The number of anilines is 3. The second-order valence-corrected chi connectivity index (χ2v) is 8.02. The lowest BCUT2D eigenvalue weighted by molar-refractivity contribution is -0.144. The summed E-state index contributed by atoms with van der Waals surface area (Å²) in [5, 5.41) is 11.8. The molecule has 1 aromatic carbocycles. The standard InChI is InChI=1S/C22H18F3N9O2/c23-22(24,25)20-27-8-7-15(32-20)33-21(36)31-13-3-1-11(2-4-13)16-14(19(35)30-12-5-6-12)9-34-17(16)18(26)28-10-29-34/h1-4,7-10,12H,5-6H2,(H,30,35)(H2,26,28,29)(H2,27,31,32,33,36). The number of rotatable bonds is 5. The number of nitrogen functional groups attached to an aromatic ring is 1. The molecule has 0 aliphatic heterocycles. The van der Waals surface area contributed by atoms with E-state index in [1.165, 1.54) is 10.8 Å². The number of amides is 3. The van der Waals surface area contributed by atoms with Gasteiger partial charge in [0.25, 0.3) is 5.91 Å². The minimum absolute atomic E-state index is 0.143. The van der Waals surface area contributed by atoms with E-state index in [-0.39, 0.29) is 23.6 Å². The van der Waals surface area contributed by atoms with Crippen molar-refractivity contribution in [1.82, 2.24) is 29.9 Å². The predicted molar refractivity (Wildman–Crippen MR) is 123 cm³/mol. The quantitative estimate of drug-likeness (QED) is 0.330. The Morgan fingerprint density at radius 2 is 1.81 bits per heavy atom. The normalized spacial score (nSPS) is 13.4. The van der Waals surface area contributed by atoms with E-state index in [0.29, 0.717) is 27.9 Å². The average Bonchev–Trinajstić information content (AvgIpc) is 3.55. The molecule has 36 heavy (non-hydrogen) atoms. The Bertz CT molecular complexity index is 1460. The Morgan fingerprint density at radius 3 is 2.50 bits per heavy atom. The van der Waals surface area contributed by atoms with Crippen LogP contribution in [0.15, 0.2) is 49.1 Å². The Hall–Kier alpha value is -4.75. The van der Waals surface area contributed by atoms with Gasteiger partial charge in [0.05, 0.1) is 5.56 Å². The molecule has 0 radical (unpaired) electrons. The first-order valence-electron chi connectivity index (χ1n) is 10.7. The lowest BCUT2D eigenvalue weighted by atomic mass is 10.0. The number of hydrogen-bond acceptors (Lipinski definition) is 7. The van der Waals surface area contributed by atoms with Gasteiger partial charge >= 0.3 is 12.2 Å². The third-order valence-electron chi connectivity index (χ3n) is 5.34. The van der Waals surface area contributed by atoms with E-state index < -0.39 is 18.0 Å². The first-order chi connectivity index (χ1) is 17.2. The van der Waals surface area contributed by atoms with E-state index in [2.05, 4.69) is 36.0 Å². The number of benzene rings is 1. The monoisotopic (exact) mass is 497 g/mol. The van der Waals surface area contributed by atoms with Gasteiger partial charge in [0.15, 0.2) is 5.82 Å². The van der Waals surface area contributed by atoms with Crippen molar-refractivity contribution in [1.29, 1.82) is 0 Å². The van der Waals surface area contributed by atoms with Crippen molar-refractivity contribution >= 4 is 34.8 Å². The molecule has 0 unspecified atom stereocenters. The van der Waals surface area contributed by atoms with Crippen LogP contribution in [0.2, 0.25) is 0 Å². The molecular formula is C22H18F3N9O2. The third kappa shape index (κ3) is 4.73. The largest absolute Gasteiger partial charge is 0.451 e. The first kappa shape index (κ1) is 23.0. The molecule has 1 saturated carbocycles. The van der Waals surface area contributed by atoms with Crippen molar-refractivity contribution in [2.75, 3.05) is 16.4 Å². The number of alkyl halides is 3. The fourth-order valence-electron chi connectivity index (χ4n) is 3.55. The van der Waals surface area contributed by atoms with Crippen molar-refractivity contribution in [3.63, 3.8) is 0 Å². The third-order valence-corrected chi connectivity index (χ3v) is 5.34. The molecule has 5 rings (SSSR count). The van der Waals surface area contributed by atoms with Gasteiger partial charge in [-0.15, -0.1) is 0 Å². The molecule has 3 amide bonds. The van der Waals surface area contributed by atoms with Crippen LogP contribution in [0.3, 0.4) is 0 Å². The number of hydrogen-bond donors (Lipinski definition) is 4. The Kier molecular flexibility index (Phi) is 5.62. The highest BCUT2D eigenvalue weighted by atomic mass is 19.4. The lowest BCUT2D eigenvalue weighted by Gasteiger charge is -2.10. The summed E-state index contributed by atoms with van der Waals surface area (Å²) in [6.45, 7) is 0. The maximum absolute atomic E-state index is 12.9. The Labute approximate surface area is 201 Å². The fourth-order valence-corrected chi connectivity index (χ4v) is 3.55. The van der Waals surface area contributed by atoms with Gasteiger partial charge in [0.1, 0.15) is 17.7 Å². The molecule has 0 spiro atoms. The molecule has 0 bridgehead atoms. The van der Waals surface area contributed by atoms with Gasteiger partial charge in [0, 0.05) is 29.7 Å². The molecule has 1 fully saturated rings. The molecular weight excluding hydrogens is 479 g/mol. The topological polar surface area (TPSA) is 152 Å². The SMILES string of the molecule is Nc1ncnn2cc(C(=O)NC3CC3)c(-c3ccc(NC(=O)Nc4ccnc(C(F)(F)F)n4)cc3)c12. The second-order valence-electron chi connectivity index (χ2n) is 8.02. The molecule has 0 saturated heterocycles. The van der Waals surface area contributed by atoms with Gasteiger partial charge in [0.2, 0.25) is 5.82 Å². The minimum atomic E-state index is -4.74. The van der Waals surface area contributed by atoms with Crippen LogP contribution >= 0.6 is 0 Å². The summed E-state index contributed by atoms with van der Waals surface area (Å²) in [5.74, 6) is -1.75. The highest BCUT2D eigenvalue weighted by Crippen LogP contribution is 2.34. The van der Waals surface area contributed by atoms with Crippen molar-refractivity contribution in [3.8, 4) is 11.1 Å². The summed E-state index contributed by atoms with van der Waals surface area (Å²) in [5.41, 5.74) is 8.41. The summed E-state index contributed by atoms with van der Waals surface area (Å²) in [6.07, 6.45) is 0.869. The van der Waals surface area contributed by atoms with Gasteiger partial charge in [-0.05, 0) is 36.6 Å². The number of halogens is 3. The average molecular weight is 497 g/mol. The molecule has 3 aromatic heterocycles. The summed E-state index contributed by atoms with van der Waals surface area (Å²) >= 11 is 0. The number of urea groups is 1. The van der Waals surface area contributed by atoms with Crippen molar-refractivity contribution in [2.45, 2.75) is 25.1 Å². The zero-order valence-electron chi connectivity index (χ0n) is 18.4. The predicted octanol–water partition coefficient (Wildman–Crippen LogP) is 3.32. The molecule has 5 N–H and O–H groups in total. The zero-order valence-corrected chi connectivity index (χ0v) is 18.4. The smallest absolute Gasteiger partial charge is 0.382 e. The number of nitrogens with two attached hydrogens (primary N) is 1. The summed E-state index contributed by atoms with van der Waals surface area (Å²) in [4.78, 5) is 35.6. The molecule has 4 aromatic rings. The molecule has 0 atom stereocenters. The van der Waals surface area contributed by atoms with Crippen LogP contribution in [0.5, 0.6) is 0 Å². The summed E-state index contributed by atoms with van der Waals surface area (Å²) in [7, 11) is 0. The molecule has 1 aliphatic carbocycles. The zero-order chi connectivity index (χ0) is 25.4. The van der Waals surface area contributed by atoms with Crippen LogP contribution in [0, 0.1) is 0 Å². The first-order valence-corrected chi connectivity index (χ1v) is 10.7. The number of fused-ring (bicyclic) bond motifs is 1. The van der Waals surface area contributed by atoms with Crippen LogP contribution in [-0.2, 0) is 6.18 Å². The van der Waals surface area contributed by atoms with E-state index in [9.17, 15) is 22.8 Å². The highest BCUT2D eigenvalue weighted by molar-refractivity contribution is 6.07. The van der Waals surface area contributed by atoms with E-state index in [4.69, 9.17) is 5.73 Å². The maximum atomic E-state index is 12.9. The Morgan fingerprint density at radius 1 is 1.06 bits per heavy atom. The van der Waals surface area contributed by atoms with E-state index in [1.807, 2.05) is 0 Å². The summed E-state index contributed by atoms with van der Waals surface area (Å²) < 4.78 is 39.8. The Balaban J connectivity index is 1.38. The highest BCUT2D eigenvalue weighted by Gasteiger charge is 2.34. The minimum Gasteiger partial charge on any atom is -0.382 e. The van der Waals surface area contributed by atoms with Gasteiger partial charge in [-0.25, -0.2) is 24.3 Å². The van der Waals surface area contributed by atoms with Crippen LogP contribution < -0.4 is 21.7 Å². The van der Waals surface area contributed by atoms with Crippen LogP contribution in [0.25, 0.3) is 16.6 Å². The van der Waals surface area contributed by atoms with Gasteiger partial charge < -0.3 is 16.4 Å². The summed E-state index contributed by atoms with van der Waals surface area (Å²) in [6, 6.07) is 6.95.